The van der Waals surface area contributed by atoms with Gasteiger partial charge in [0.1, 0.15) is 11.8 Å². The second-order valence-electron chi connectivity index (χ2n) is 5.60. The van der Waals surface area contributed by atoms with Gasteiger partial charge in [0, 0.05) is 6.54 Å². The van der Waals surface area contributed by atoms with Gasteiger partial charge in [-0.05, 0) is 44.1 Å². The molecule has 138 valence electrons. The Bertz CT molecular complexity index is 607. The summed E-state index contributed by atoms with van der Waals surface area (Å²) in [7, 11) is 0. The molecule has 0 radical (unpaired) electrons. The molecule has 0 heterocycles. The zero-order chi connectivity index (χ0) is 18.8. The highest BCUT2D eigenvalue weighted by molar-refractivity contribution is 7.80. The lowest BCUT2D eigenvalue weighted by Crippen LogP contribution is -2.55. The van der Waals surface area contributed by atoms with Crippen LogP contribution in [0.2, 0.25) is 0 Å². The molecule has 1 aromatic carbocycles. The summed E-state index contributed by atoms with van der Waals surface area (Å²) >= 11 is 4.99. The van der Waals surface area contributed by atoms with E-state index in [2.05, 4.69) is 21.5 Å². The van der Waals surface area contributed by atoms with Crippen LogP contribution >= 0.6 is 12.2 Å². The normalized spacial score (nSPS) is 11.4. The van der Waals surface area contributed by atoms with Crippen LogP contribution in [-0.4, -0.2) is 36.1 Å². The highest BCUT2D eigenvalue weighted by Gasteiger charge is 2.25. The first kappa shape index (κ1) is 20.7. The van der Waals surface area contributed by atoms with Gasteiger partial charge in [0.15, 0.2) is 5.11 Å². The summed E-state index contributed by atoms with van der Waals surface area (Å²) in [6.07, 6.45) is 0. The van der Waals surface area contributed by atoms with E-state index in [9.17, 15) is 9.59 Å². The number of hydrogen-bond donors (Lipinski definition) is 4. The van der Waals surface area contributed by atoms with Crippen LogP contribution in [0.25, 0.3) is 0 Å². The van der Waals surface area contributed by atoms with Gasteiger partial charge >= 0.3 is 0 Å². The standard InChI is InChI=1S/C17H26N4O3S/c1-5-18-17(25)21-20-16(23)14(11(3)4)19-15(22)12-9-7-8-10-13(12)24-6-2/h7-11,14H,5-6H2,1-4H3,(H,19,22)(H,20,23)(H2,18,21,25)/t14-/m1/s1. The Labute approximate surface area is 153 Å². The Morgan fingerprint density at radius 3 is 2.44 bits per heavy atom. The first-order chi connectivity index (χ1) is 11.9. The number of hydrogen-bond acceptors (Lipinski definition) is 4. The van der Waals surface area contributed by atoms with Crippen LogP contribution in [0, 0.1) is 5.92 Å². The molecule has 25 heavy (non-hydrogen) atoms. The molecule has 2 amide bonds. The lowest BCUT2D eigenvalue weighted by Gasteiger charge is -2.22. The second kappa shape index (κ2) is 10.5. The van der Waals surface area contributed by atoms with Crippen molar-refractivity contribution in [2.75, 3.05) is 13.2 Å². The lowest BCUT2D eigenvalue weighted by atomic mass is 10.0. The molecule has 0 bridgehead atoms. The van der Waals surface area contributed by atoms with Crippen molar-refractivity contribution in [2.24, 2.45) is 5.92 Å². The summed E-state index contributed by atoms with van der Waals surface area (Å²) in [6.45, 7) is 8.52. The number of hydrazine groups is 1. The van der Waals surface area contributed by atoms with Gasteiger partial charge in [0.2, 0.25) is 0 Å². The third kappa shape index (κ3) is 6.58. The molecular formula is C17H26N4O3S. The van der Waals surface area contributed by atoms with Crippen LogP contribution < -0.4 is 26.2 Å². The smallest absolute Gasteiger partial charge is 0.261 e. The van der Waals surface area contributed by atoms with E-state index >= 15 is 0 Å². The van der Waals surface area contributed by atoms with Crippen LogP contribution in [-0.2, 0) is 4.79 Å². The minimum Gasteiger partial charge on any atom is -0.493 e. The van der Waals surface area contributed by atoms with Crippen molar-refractivity contribution in [1.82, 2.24) is 21.5 Å². The van der Waals surface area contributed by atoms with Crippen molar-refractivity contribution >= 4 is 29.1 Å². The quantitative estimate of drug-likeness (QED) is 0.430. The Hall–Kier alpha value is -2.35. The Morgan fingerprint density at radius 1 is 1.16 bits per heavy atom. The summed E-state index contributed by atoms with van der Waals surface area (Å²) in [5.74, 6) is -0.376. The van der Waals surface area contributed by atoms with Gasteiger partial charge in [-0.15, -0.1) is 0 Å². The van der Waals surface area contributed by atoms with E-state index in [1.807, 2.05) is 27.7 Å². The molecule has 0 unspecified atom stereocenters. The summed E-state index contributed by atoms with van der Waals surface area (Å²) in [5, 5.41) is 5.92. The average Bonchev–Trinajstić information content (AvgIpc) is 2.58. The first-order valence-corrected chi connectivity index (χ1v) is 8.67. The van der Waals surface area contributed by atoms with E-state index in [1.165, 1.54) is 0 Å². The molecule has 8 heteroatoms. The number of thiocarbonyl (C=S) groups is 1. The Morgan fingerprint density at radius 2 is 1.84 bits per heavy atom. The third-order valence-corrected chi connectivity index (χ3v) is 3.55. The largest absolute Gasteiger partial charge is 0.493 e. The molecule has 1 aromatic rings. The number of para-hydroxylation sites is 1. The molecule has 0 aliphatic rings. The molecular weight excluding hydrogens is 340 g/mol. The minimum absolute atomic E-state index is 0.113. The van der Waals surface area contributed by atoms with E-state index in [0.29, 0.717) is 29.6 Å². The first-order valence-electron chi connectivity index (χ1n) is 8.27. The van der Waals surface area contributed by atoms with Gasteiger partial charge in [-0.1, -0.05) is 26.0 Å². The molecule has 0 saturated carbocycles. The molecule has 7 nitrogen and oxygen atoms in total. The number of benzene rings is 1. The van der Waals surface area contributed by atoms with Crippen LogP contribution in [0.3, 0.4) is 0 Å². The lowest BCUT2D eigenvalue weighted by molar-refractivity contribution is -0.124. The third-order valence-electron chi connectivity index (χ3n) is 3.30. The maximum absolute atomic E-state index is 12.6. The SMILES string of the molecule is CCNC(=S)NNC(=O)[C@H](NC(=O)c1ccccc1OCC)C(C)C. The zero-order valence-electron chi connectivity index (χ0n) is 15.0. The van der Waals surface area contributed by atoms with Crippen LogP contribution in [0.15, 0.2) is 24.3 Å². The fourth-order valence-electron chi connectivity index (χ4n) is 2.09. The van der Waals surface area contributed by atoms with E-state index in [-0.39, 0.29) is 17.7 Å². The van der Waals surface area contributed by atoms with E-state index in [4.69, 9.17) is 17.0 Å². The fraction of sp³-hybridized carbons (Fsp3) is 0.471. The summed E-state index contributed by atoms with van der Waals surface area (Å²) in [5.41, 5.74) is 5.50. The van der Waals surface area contributed by atoms with Gasteiger partial charge in [-0.25, -0.2) is 0 Å². The van der Waals surface area contributed by atoms with Gasteiger partial charge in [-0.3, -0.25) is 20.4 Å². The highest BCUT2D eigenvalue weighted by atomic mass is 32.1. The number of amides is 2. The van der Waals surface area contributed by atoms with Gasteiger partial charge in [-0.2, -0.15) is 0 Å². The number of rotatable bonds is 7. The van der Waals surface area contributed by atoms with Crippen molar-refractivity contribution < 1.29 is 14.3 Å². The predicted octanol–water partition coefficient (Wildman–Crippen LogP) is 1.35. The molecule has 4 N–H and O–H groups in total. The number of carbonyl (C=O) groups excluding carboxylic acids is 2. The Kier molecular flexibility index (Phi) is 8.69. The van der Waals surface area contributed by atoms with Crippen LogP contribution in [0.5, 0.6) is 5.75 Å². The average molecular weight is 366 g/mol. The van der Waals surface area contributed by atoms with Crippen molar-refractivity contribution in [3.05, 3.63) is 29.8 Å². The molecule has 1 atom stereocenters. The van der Waals surface area contributed by atoms with E-state index < -0.39 is 6.04 Å². The summed E-state index contributed by atoms with van der Waals surface area (Å²) in [4.78, 5) is 24.9. The van der Waals surface area contributed by atoms with Crippen molar-refractivity contribution in [2.45, 2.75) is 33.7 Å². The minimum atomic E-state index is -0.723. The monoisotopic (exact) mass is 366 g/mol. The van der Waals surface area contributed by atoms with Gasteiger partial charge in [0.25, 0.3) is 11.8 Å². The van der Waals surface area contributed by atoms with Crippen molar-refractivity contribution in [1.29, 1.82) is 0 Å². The second-order valence-corrected chi connectivity index (χ2v) is 6.01. The van der Waals surface area contributed by atoms with Gasteiger partial charge in [0.05, 0.1) is 12.2 Å². The molecule has 0 saturated heterocycles. The summed E-state index contributed by atoms with van der Waals surface area (Å²) < 4.78 is 5.47. The Balaban J connectivity index is 2.79. The molecule has 0 aromatic heterocycles. The molecule has 0 aliphatic carbocycles. The molecule has 1 rings (SSSR count). The molecule has 0 fully saturated rings. The van der Waals surface area contributed by atoms with Gasteiger partial charge < -0.3 is 15.4 Å². The number of carbonyl (C=O) groups is 2. The highest BCUT2D eigenvalue weighted by Crippen LogP contribution is 2.18. The maximum atomic E-state index is 12.6. The van der Waals surface area contributed by atoms with Crippen LogP contribution in [0.1, 0.15) is 38.1 Å². The predicted molar refractivity (Wildman–Crippen MR) is 101 cm³/mol. The summed E-state index contributed by atoms with van der Waals surface area (Å²) in [6, 6.07) is 6.20. The fourth-order valence-corrected chi connectivity index (χ4v) is 2.29. The topological polar surface area (TPSA) is 91.5 Å². The zero-order valence-corrected chi connectivity index (χ0v) is 15.8. The van der Waals surface area contributed by atoms with Crippen molar-refractivity contribution in [3.8, 4) is 5.75 Å². The molecule has 0 aliphatic heterocycles. The number of ether oxygens (including phenoxy) is 1. The van der Waals surface area contributed by atoms with E-state index in [0.717, 1.165) is 0 Å². The number of nitrogens with one attached hydrogen (secondary N) is 4. The molecule has 0 spiro atoms. The van der Waals surface area contributed by atoms with Crippen molar-refractivity contribution in [3.63, 3.8) is 0 Å². The van der Waals surface area contributed by atoms with E-state index in [1.54, 1.807) is 24.3 Å². The maximum Gasteiger partial charge on any atom is 0.261 e. The van der Waals surface area contributed by atoms with Crippen LogP contribution in [0.4, 0.5) is 0 Å².